The summed E-state index contributed by atoms with van der Waals surface area (Å²) in [4.78, 5) is 16.0. The number of amides is 1. The third kappa shape index (κ3) is 2.86. The van der Waals surface area contributed by atoms with Crippen molar-refractivity contribution < 1.29 is 4.79 Å². The predicted octanol–water partition coefficient (Wildman–Crippen LogP) is 2.71. The lowest BCUT2D eigenvalue weighted by Gasteiger charge is -2.03. The first-order valence-corrected chi connectivity index (χ1v) is 6.82. The van der Waals surface area contributed by atoms with Crippen molar-refractivity contribution in [3.63, 3.8) is 0 Å². The van der Waals surface area contributed by atoms with Crippen molar-refractivity contribution in [1.82, 2.24) is 4.98 Å². The van der Waals surface area contributed by atoms with Crippen LogP contribution in [0.3, 0.4) is 0 Å². The highest BCUT2D eigenvalue weighted by Crippen LogP contribution is 2.29. The number of carbonyl (C=O) groups excluding carboxylic acids is 1. The lowest BCUT2D eigenvalue weighted by Crippen LogP contribution is -2.15. The molecule has 18 heavy (non-hydrogen) atoms. The summed E-state index contributed by atoms with van der Waals surface area (Å²) in [6, 6.07) is 5.78. The second kappa shape index (κ2) is 5.46. The van der Waals surface area contributed by atoms with Crippen LogP contribution in [-0.2, 0) is 4.79 Å². The summed E-state index contributed by atoms with van der Waals surface area (Å²) in [6.07, 6.45) is 0.345. The van der Waals surface area contributed by atoms with Crippen LogP contribution in [0.4, 0.5) is 5.69 Å². The number of fused-ring (bicyclic) bond motifs is 1. The van der Waals surface area contributed by atoms with Crippen molar-refractivity contribution in [2.45, 2.75) is 26.2 Å². The summed E-state index contributed by atoms with van der Waals surface area (Å²) in [7, 11) is 0. The Morgan fingerprint density at radius 2 is 2.28 bits per heavy atom. The van der Waals surface area contributed by atoms with E-state index in [1.54, 1.807) is 11.3 Å². The van der Waals surface area contributed by atoms with E-state index in [-0.39, 0.29) is 5.91 Å². The van der Waals surface area contributed by atoms with Gasteiger partial charge in [-0.3, -0.25) is 4.79 Å². The Hall–Kier alpha value is -1.46. The van der Waals surface area contributed by atoms with Gasteiger partial charge in [-0.15, -0.1) is 11.3 Å². The maximum atomic E-state index is 11.5. The number of nitrogens with two attached hydrogens (primary N) is 1. The van der Waals surface area contributed by atoms with E-state index in [2.05, 4.69) is 24.1 Å². The van der Waals surface area contributed by atoms with Crippen molar-refractivity contribution >= 4 is 33.1 Å². The first kappa shape index (κ1) is 13.0. The Balaban J connectivity index is 2.24. The number of anilines is 1. The van der Waals surface area contributed by atoms with Crippen LogP contribution in [0.25, 0.3) is 10.2 Å². The zero-order valence-corrected chi connectivity index (χ0v) is 11.4. The molecule has 5 heteroatoms. The van der Waals surface area contributed by atoms with Gasteiger partial charge in [0, 0.05) is 24.6 Å². The smallest absolute Gasteiger partial charge is 0.225 e. The monoisotopic (exact) mass is 263 g/mol. The molecule has 1 heterocycles. The lowest BCUT2D eigenvalue weighted by atomic mass is 10.2. The normalized spacial score (nSPS) is 11.1. The highest BCUT2D eigenvalue weighted by Gasteiger charge is 2.08. The van der Waals surface area contributed by atoms with Crippen molar-refractivity contribution in [3.8, 4) is 0 Å². The van der Waals surface area contributed by atoms with E-state index in [1.165, 1.54) is 0 Å². The zero-order chi connectivity index (χ0) is 13.1. The van der Waals surface area contributed by atoms with Crippen molar-refractivity contribution in [2.75, 3.05) is 11.9 Å². The molecule has 1 aromatic heterocycles. The molecular formula is C13H17N3OS. The Morgan fingerprint density at radius 1 is 1.50 bits per heavy atom. The van der Waals surface area contributed by atoms with Gasteiger partial charge in [-0.05, 0) is 18.2 Å². The molecule has 0 saturated carbocycles. The van der Waals surface area contributed by atoms with Crippen LogP contribution in [-0.4, -0.2) is 17.4 Å². The van der Waals surface area contributed by atoms with Crippen LogP contribution < -0.4 is 11.1 Å². The number of hydrogen-bond acceptors (Lipinski definition) is 4. The molecule has 0 aliphatic heterocycles. The molecule has 96 valence electrons. The minimum atomic E-state index is -0.0505. The van der Waals surface area contributed by atoms with Crippen LogP contribution in [0, 0.1) is 0 Å². The van der Waals surface area contributed by atoms with E-state index in [9.17, 15) is 4.79 Å². The zero-order valence-electron chi connectivity index (χ0n) is 10.6. The molecule has 0 atom stereocenters. The number of nitrogens with one attached hydrogen (secondary N) is 1. The van der Waals surface area contributed by atoms with E-state index < -0.39 is 0 Å². The van der Waals surface area contributed by atoms with Gasteiger partial charge in [-0.25, -0.2) is 4.98 Å². The number of thiazole rings is 1. The van der Waals surface area contributed by atoms with Gasteiger partial charge in [0.15, 0.2) is 0 Å². The summed E-state index contributed by atoms with van der Waals surface area (Å²) in [5.74, 6) is 0.378. The maximum Gasteiger partial charge on any atom is 0.225 e. The van der Waals surface area contributed by atoms with E-state index in [0.717, 1.165) is 20.9 Å². The van der Waals surface area contributed by atoms with Gasteiger partial charge >= 0.3 is 0 Å². The summed E-state index contributed by atoms with van der Waals surface area (Å²) in [6.45, 7) is 4.62. The van der Waals surface area contributed by atoms with Crippen LogP contribution in [0.15, 0.2) is 18.2 Å². The molecule has 0 spiro atoms. The van der Waals surface area contributed by atoms with Gasteiger partial charge in [0.2, 0.25) is 5.91 Å². The molecule has 0 aliphatic carbocycles. The van der Waals surface area contributed by atoms with E-state index in [4.69, 9.17) is 5.73 Å². The Morgan fingerprint density at radius 3 is 2.94 bits per heavy atom. The quantitative estimate of drug-likeness (QED) is 0.891. The van der Waals surface area contributed by atoms with Crippen LogP contribution in [0.2, 0.25) is 0 Å². The van der Waals surface area contributed by atoms with E-state index >= 15 is 0 Å². The Kier molecular flexibility index (Phi) is 3.93. The van der Waals surface area contributed by atoms with E-state index in [1.807, 2.05) is 18.2 Å². The number of carbonyl (C=O) groups is 1. The van der Waals surface area contributed by atoms with Crippen molar-refractivity contribution in [1.29, 1.82) is 0 Å². The summed E-state index contributed by atoms with van der Waals surface area (Å²) < 4.78 is 1.10. The number of rotatable bonds is 4. The predicted molar refractivity (Wildman–Crippen MR) is 76.0 cm³/mol. The van der Waals surface area contributed by atoms with Crippen LogP contribution >= 0.6 is 11.3 Å². The van der Waals surface area contributed by atoms with Crippen molar-refractivity contribution in [3.05, 3.63) is 23.2 Å². The molecule has 1 aromatic carbocycles. The molecule has 0 saturated heterocycles. The molecule has 3 N–H and O–H groups in total. The van der Waals surface area contributed by atoms with Gasteiger partial charge in [0.1, 0.15) is 0 Å². The fourth-order valence-corrected chi connectivity index (χ4v) is 2.63. The molecule has 0 unspecified atom stereocenters. The SMILES string of the molecule is CC(C)c1nc2ccc(NC(=O)CCN)cc2s1. The topological polar surface area (TPSA) is 68.0 Å². The third-order valence-corrected chi connectivity index (χ3v) is 3.87. The molecule has 2 aromatic rings. The second-order valence-corrected chi connectivity index (χ2v) is 5.54. The second-order valence-electron chi connectivity index (χ2n) is 4.48. The summed E-state index contributed by atoms with van der Waals surface area (Å²) in [5, 5.41) is 3.95. The van der Waals surface area contributed by atoms with Gasteiger partial charge in [-0.1, -0.05) is 13.8 Å². The summed E-state index contributed by atoms with van der Waals surface area (Å²) >= 11 is 1.67. The van der Waals surface area contributed by atoms with Crippen LogP contribution in [0.1, 0.15) is 31.2 Å². The molecule has 0 fully saturated rings. The fraction of sp³-hybridized carbons (Fsp3) is 0.385. The molecular weight excluding hydrogens is 246 g/mol. The van der Waals surface area contributed by atoms with Gasteiger partial charge in [0.05, 0.1) is 15.2 Å². The minimum Gasteiger partial charge on any atom is -0.330 e. The van der Waals surface area contributed by atoms with Gasteiger partial charge in [0.25, 0.3) is 0 Å². The number of nitrogens with zero attached hydrogens (tertiary/aromatic N) is 1. The van der Waals surface area contributed by atoms with Gasteiger partial charge < -0.3 is 11.1 Å². The first-order chi connectivity index (χ1) is 8.60. The fourth-order valence-electron chi connectivity index (χ4n) is 1.62. The Bertz CT molecular complexity index is 562. The first-order valence-electron chi connectivity index (χ1n) is 6.00. The molecule has 1 amide bonds. The number of benzene rings is 1. The maximum absolute atomic E-state index is 11.5. The van der Waals surface area contributed by atoms with Crippen molar-refractivity contribution in [2.24, 2.45) is 5.73 Å². The molecule has 0 aliphatic rings. The summed E-state index contributed by atoms with van der Waals surface area (Å²) in [5.41, 5.74) is 7.13. The lowest BCUT2D eigenvalue weighted by molar-refractivity contribution is -0.116. The largest absolute Gasteiger partial charge is 0.330 e. The average Bonchev–Trinajstić information content (AvgIpc) is 2.72. The average molecular weight is 263 g/mol. The molecule has 2 rings (SSSR count). The highest BCUT2D eigenvalue weighted by molar-refractivity contribution is 7.18. The standard InChI is InChI=1S/C13H17N3OS/c1-8(2)13-16-10-4-3-9(7-11(10)18-13)15-12(17)5-6-14/h3-4,7-8H,5-6,14H2,1-2H3,(H,15,17). The van der Waals surface area contributed by atoms with Gasteiger partial charge in [-0.2, -0.15) is 0 Å². The Labute approximate surface area is 110 Å². The number of aromatic nitrogens is 1. The third-order valence-electron chi connectivity index (χ3n) is 2.55. The highest BCUT2D eigenvalue weighted by atomic mass is 32.1. The molecule has 4 nitrogen and oxygen atoms in total. The van der Waals surface area contributed by atoms with E-state index in [0.29, 0.717) is 18.9 Å². The van der Waals surface area contributed by atoms with Crippen LogP contribution in [0.5, 0.6) is 0 Å². The number of hydrogen-bond donors (Lipinski definition) is 2. The molecule has 0 bridgehead atoms. The molecule has 0 radical (unpaired) electrons. The minimum absolute atomic E-state index is 0.0505.